The second-order valence-electron chi connectivity index (χ2n) is 4.37. The van der Waals surface area contributed by atoms with Crippen molar-refractivity contribution < 1.29 is 29.3 Å². The van der Waals surface area contributed by atoms with Crippen LogP contribution in [0.1, 0.15) is 18.4 Å². The Morgan fingerprint density at radius 1 is 1.14 bits per heavy atom. The Labute approximate surface area is 121 Å². The van der Waals surface area contributed by atoms with Gasteiger partial charge in [-0.15, -0.1) is 0 Å². The molecule has 0 spiro atoms. The molecular weight excluding hydrogens is 278 g/mol. The number of rotatable bonds is 9. The summed E-state index contributed by atoms with van der Waals surface area (Å²) in [7, 11) is 0. The molecule has 1 amide bonds. The first-order chi connectivity index (χ1) is 9.99. The molecule has 0 heterocycles. The zero-order chi connectivity index (χ0) is 15.7. The summed E-state index contributed by atoms with van der Waals surface area (Å²) in [6.45, 7) is -0.0487. The van der Waals surface area contributed by atoms with Crippen molar-refractivity contribution in [1.82, 2.24) is 5.32 Å². The van der Waals surface area contributed by atoms with Gasteiger partial charge in [-0.25, -0.2) is 4.79 Å². The lowest BCUT2D eigenvalue weighted by Crippen LogP contribution is -2.42. The van der Waals surface area contributed by atoms with E-state index in [2.05, 4.69) is 5.32 Å². The molecule has 7 heteroatoms. The Hall–Kier alpha value is -2.41. The van der Waals surface area contributed by atoms with E-state index in [0.29, 0.717) is 0 Å². The summed E-state index contributed by atoms with van der Waals surface area (Å²) in [6, 6.07) is 7.98. The van der Waals surface area contributed by atoms with Crippen molar-refractivity contribution >= 4 is 17.8 Å². The van der Waals surface area contributed by atoms with Gasteiger partial charge in [0.15, 0.2) is 0 Å². The molecule has 1 atom stereocenters. The molecule has 0 bridgehead atoms. The smallest absolute Gasteiger partial charge is 0.326 e. The van der Waals surface area contributed by atoms with E-state index < -0.39 is 23.9 Å². The second-order valence-corrected chi connectivity index (χ2v) is 4.37. The predicted octanol–water partition coefficient (Wildman–Crippen LogP) is 0.637. The molecule has 1 aromatic carbocycles. The number of hydrogen-bond donors (Lipinski definition) is 3. The molecule has 0 saturated heterocycles. The van der Waals surface area contributed by atoms with Crippen LogP contribution in [0.2, 0.25) is 0 Å². The first-order valence-electron chi connectivity index (χ1n) is 6.34. The molecule has 1 rings (SSSR count). The van der Waals surface area contributed by atoms with Crippen LogP contribution in [0.4, 0.5) is 0 Å². The topological polar surface area (TPSA) is 113 Å². The Bertz CT molecular complexity index is 487. The van der Waals surface area contributed by atoms with Crippen molar-refractivity contribution in [1.29, 1.82) is 0 Å². The summed E-state index contributed by atoms with van der Waals surface area (Å²) >= 11 is 0. The lowest BCUT2D eigenvalue weighted by atomic mass is 10.1. The number of benzene rings is 1. The van der Waals surface area contributed by atoms with Crippen LogP contribution in [0, 0.1) is 0 Å². The maximum absolute atomic E-state index is 11.5. The molecule has 21 heavy (non-hydrogen) atoms. The third kappa shape index (κ3) is 7.07. The number of nitrogens with one attached hydrogen (secondary N) is 1. The fraction of sp³-hybridized carbons (Fsp3) is 0.357. The highest BCUT2D eigenvalue weighted by atomic mass is 16.5. The zero-order valence-corrected chi connectivity index (χ0v) is 11.3. The van der Waals surface area contributed by atoms with E-state index in [4.69, 9.17) is 14.9 Å². The highest BCUT2D eigenvalue weighted by Crippen LogP contribution is 2.01. The van der Waals surface area contributed by atoms with Crippen LogP contribution in [0.15, 0.2) is 30.3 Å². The molecule has 7 nitrogen and oxygen atoms in total. The molecule has 0 unspecified atom stereocenters. The van der Waals surface area contributed by atoms with E-state index in [1.54, 1.807) is 0 Å². The van der Waals surface area contributed by atoms with Crippen LogP contribution in [0.3, 0.4) is 0 Å². The van der Waals surface area contributed by atoms with Gasteiger partial charge in [-0.3, -0.25) is 9.59 Å². The van der Waals surface area contributed by atoms with Gasteiger partial charge in [-0.05, 0) is 12.0 Å². The Kier molecular flexibility index (Phi) is 6.90. The van der Waals surface area contributed by atoms with Gasteiger partial charge < -0.3 is 20.3 Å². The van der Waals surface area contributed by atoms with E-state index in [9.17, 15) is 14.4 Å². The molecule has 1 aromatic rings. The van der Waals surface area contributed by atoms with E-state index in [1.807, 2.05) is 30.3 Å². The van der Waals surface area contributed by atoms with Crippen molar-refractivity contribution in [2.24, 2.45) is 0 Å². The van der Waals surface area contributed by atoms with Crippen LogP contribution in [-0.4, -0.2) is 40.7 Å². The number of carboxylic acid groups (broad SMARTS) is 2. The van der Waals surface area contributed by atoms with E-state index in [1.165, 1.54) is 0 Å². The van der Waals surface area contributed by atoms with Gasteiger partial charge in [-0.2, -0.15) is 0 Å². The molecule has 0 aliphatic carbocycles. The summed E-state index contributed by atoms with van der Waals surface area (Å²) in [5.74, 6) is -2.98. The average Bonchev–Trinajstić information content (AvgIpc) is 2.44. The molecule has 0 saturated carbocycles. The SMILES string of the molecule is O=C(O)CC[C@H](NC(=O)COCc1ccccc1)C(=O)O. The van der Waals surface area contributed by atoms with Crippen molar-refractivity contribution in [2.45, 2.75) is 25.5 Å². The highest BCUT2D eigenvalue weighted by molar-refractivity contribution is 5.84. The minimum Gasteiger partial charge on any atom is -0.481 e. The number of aliphatic carboxylic acids is 2. The molecule has 0 aliphatic rings. The largest absolute Gasteiger partial charge is 0.481 e. The molecule has 0 aliphatic heterocycles. The summed E-state index contributed by atoms with van der Waals surface area (Å²) in [5, 5.41) is 19.6. The number of hydrogen-bond acceptors (Lipinski definition) is 4. The summed E-state index contributed by atoms with van der Waals surface area (Å²) in [4.78, 5) is 32.9. The third-order valence-corrected chi connectivity index (χ3v) is 2.62. The minimum atomic E-state index is -1.27. The number of carboxylic acids is 2. The molecular formula is C14H17NO6. The molecule has 114 valence electrons. The Morgan fingerprint density at radius 3 is 2.38 bits per heavy atom. The number of amides is 1. The number of carbonyl (C=O) groups is 3. The van der Waals surface area contributed by atoms with Crippen LogP contribution < -0.4 is 5.32 Å². The number of carbonyl (C=O) groups excluding carboxylic acids is 1. The van der Waals surface area contributed by atoms with Gasteiger partial charge in [0.2, 0.25) is 5.91 Å². The van der Waals surface area contributed by atoms with Crippen LogP contribution in [0.25, 0.3) is 0 Å². The fourth-order valence-electron chi connectivity index (χ4n) is 1.60. The maximum Gasteiger partial charge on any atom is 0.326 e. The van der Waals surface area contributed by atoms with Crippen molar-refractivity contribution in [3.05, 3.63) is 35.9 Å². The number of ether oxygens (including phenoxy) is 1. The van der Waals surface area contributed by atoms with Crippen molar-refractivity contribution in [3.8, 4) is 0 Å². The van der Waals surface area contributed by atoms with Crippen LogP contribution >= 0.6 is 0 Å². The third-order valence-electron chi connectivity index (χ3n) is 2.62. The summed E-state index contributed by atoms with van der Waals surface area (Å²) in [6.07, 6.45) is -0.503. The van der Waals surface area contributed by atoms with Crippen molar-refractivity contribution in [2.75, 3.05) is 6.61 Å². The maximum atomic E-state index is 11.5. The highest BCUT2D eigenvalue weighted by Gasteiger charge is 2.20. The van der Waals surface area contributed by atoms with Gasteiger partial charge in [0.1, 0.15) is 12.6 Å². The summed E-state index contributed by atoms with van der Waals surface area (Å²) in [5.41, 5.74) is 0.894. The van der Waals surface area contributed by atoms with E-state index >= 15 is 0 Å². The Morgan fingerprint density at radius 2 is 1.81 bits per heavy atom. The zero-order valence-electron chi connectivity index (χ0n) is 11.3. The standard InChI is InChI=1S/C14H17NO6/c16-12(9-21-8-10-4-2-1-3-5-10)15-11(14(19)20)6-7-13(17)18/h1-5,11H,6-9H2,(H,15,16)(H,17,18)(H,19,20)/t11-/m0/s1. The molecule has 0 fully saturated rings. The first-order valence-corrected chi connectivity index (χ1v) is 6.34. The van der Waals surface area contributed by atoms with Gasteiger partial charge in [0.05, 0.1) is 6.61 Å². The monoisotopic (exact) mass is 295 g/mol. The predicted molar refractivity (Wildman–Crippen MR) is 72.5 cm³/mol. The molecule has 3 N–H and O–H groups in total. The molecule has 0 radical (unpaired) electrons. The second kappa shape index (κ2) is 8.70. The average molecular weight is 295 g/mol. The van der Waals surface area contributed by atoms with E-state index in [-0.39, 0.29) is 26.1 Å². The lowest BCUT2D eigenvalue weighted by Gasteiger charge is -2.13. The van der Waals surface area contributed by atoms with Crippen molar-refractivity contribution in [3.63, 3.8) is 0 Å². The Balaban J connectivity index is 2.33. The molecule has 0 aromatic heterocycles. The van der Waals surface area contributed by atoms with Gasteiger partial charge >= 0.3 is 11.9 Å². The normalized spacial score (nSPS) is 11.6. The quantitative estimate of drug-likeness (QED) is 0.616. The van der Waals surface area contributed by atoms with Gasteiger partial charge in [-0.1, -0.05) is 30.3 Å². The first kappa shape index (κ1) is 16.6. The van der Waals surface area contributed by atoms with Gasteiger partial charge in [0.25, 0.3) is 0 Å². The summed E-state index contributed by atoms with van der Waals surface area (Å²) < 4.78 is 5.17. The fourth-order valence-corrected chi connectivity index (χ4v) is 1.60. The van der Waals surface area contributed by atoms with Crippen LogP contribution in [-0.2, 0) is 25.7 Å². The lowest BCUT2D eigenvalue weighted by molar-refractivity contribution is -0.143. The van der Waals surface area contributed by atoms with E-state index in [0.717, 1.165) is 5.56 Å². The van der Waals surface area contributed by atoms with Gasteiger partial charge in [0, 0.05) is 6.42 Å². The minimum absolute atomic E-state index is 0.172. The van der Waals surface area contributed by atoms with Crippen LogP contribution in [0.5, 0.6) is 0 Å².